The highest BCUT2D eigenvalue weighted by atomic mass is 32.2. The van der Waals surface area contributed by atoms with Crippen LogP contribution in [0.1, 0.15) is 57.6 Å². The summed E-state index contributed by atoms with van der Waals surface area (Å²) < 4.78 is 15.1. The number of aromatic nitrogens is 6. The molecule has 3 aliphatic heterocycles. The average Bonchev–Trinajstić information content (AvgIpc) is 1.55. The van der Waals surface area contributed by atoms with Gasteiger partial charge in [-0.15, -0.1) is 0 Å². The molecule has 0 amide bonds. The molecule has 4 atom stereocenters. The number of hydrogen-bond acceptors (Lipinski definition) is 6. The van der Waals surface area contributed by atoms with Crippen LogP contribution in [0.25, 0.3) is 155 Å². The summed E-state index contributed by atoms with van der Waals surface area (Å²) in [6.07, 6.45) is 9.71. The molecule has 0 fully saturated rings. The van der Waals surface area contributed by atoms with Crippen LogP contribution in [-0.4, -0.2) is 27.4 Å². The number of hydrogen-bond donors (Lipinski definition) is 0. The maximum atomic E-state index is 2.59. The van der Waals surface area contributed by atoms with Gasteiger partial charge in [-0.05, 0) is 242 Å². The van der Waals surface area contributed by atoms with E-state index in [1.54, 1.807) is 0 Å². The van der Waals surface area contributed by atoms with Crippen LogP contribution in [0.15, 0.2) is 505 Å². The maximum absolute atomic E-state index is 2.59. The molecule has 0 spiro atoms. The fraction of sp³-hybridized carbons (Fsp3) is 0.0303. The molecule has 6 aromatic heterocycles. The Bertz CT molecular complexity index is 9310. The molecule has 0 saturated heterocycles. The predicted octanol–water partition coefficient (Wildman–Crippen LogP) is 35.5. The summed E-state index contributed by atoms with van der Waals surface area (Å²) in [5, 5.41) is 12.2. The van der Waals surface area contributed by atoms with Gasteiger partial charge in [-0.2, -0.15) is 0 Å². The molecule has 0 radical (unpaired) electrons. The minimum Gasteiger partial charge on any atom is -0.331 e. The van der Waals surface area contributed by atoms with Gasteiger partial charge in [-0.1, -0.05) is 290 Å². The monoisotopic (exact) mass is 1870 g/mol. The summed E-state index contributed by atoms with van der Waals surface area (Å²) in [7, 11) is 0. The van der Waals surface area contributed by atoms with Crippen LogP contribution in [-0.2, 0) is 0 Å². The lowest BCUT2D eigenvalue weighted by Gasteiger charge is -2.33. The third-order valence-corrected chi connectivity index (χ3v) is 33.6. The lowest BCUT2D eigenvalue weighted by Crippen LogP contribution is -2.26. The molecule has 2 aliphatic carbocycles. The molecular weight excluding hydrogens is 1790 g/mol. The highest BCUT2D eigenvalue weighted by Gasteiger charge is 2.47. The van der Waals surface area contributed by atoms with Gasteiger partial charge in [0.25, 0.3) is 0 Å². The molecule has 676 valence electrons. The van der Waals surface area contributed by atoms with Crippen molar-refractivity contribution in [2.24, 2.45) is 0 Å². The van der Waals surface area contributed by atoms with Crippen molar-refractivity contribution in [2.45, 2.75) is 43.5 Å². The standard InChI is InChI=1S/C132H86N10S2/c1-5-29-83(30-6-1)135-113-45-21-13-37-97(113)105-71-75-109-101-41-17-25-49-117(101)139(129(109)125(105)135)91-61-53-87(54-62-91)133(88-55-63-92(64-56-88)140-118-50-26-18-42-102(118)110-76-72-106-98-38-14-22-46-114(98)136(126(106)130(110)140)84-31-7-2-8-32-84)95-69-79-121-123(81-95)143-122-80-70-96(82-124(122)144-121)134(89-57-65-93(66-58-89)141-119-51-27-19-43-103(119)111-77-73-107-99-39-15-23-47-115(99)137(127(107)131(111)141)85-33-9-3-10-34-85)90-59-67-94(68-60-90)142-120-52-28-20-44-104(120)112-78-74-108-100-40-16-24-48-116(100)138(128(108)132(112)142)86-35-11-4-12-36-86/h1-82,105,107,125,127H. The molecule has 9 heterocycles. The maximum Gasteiger partial charge on any atom is 0.0856 e. The van der Waals surface area contributed by atoms with Gasteiger partial charge in [0.15, 0.2) is 0 Å². The number of para-hydroxylation sites is 12. The van der Waals surface area contributed by atoms with Crippen molar-refractivity contribution in [3.63, 3.8) is 0 Å². The van der Waals surface area contributed by atoms with Crippen LogP contribution < -0.4 is 19.6 Å². The minimum absolute atomic E-state index is 0.000403. The van der Waals surface area contributed by atoms with Gasteiger partial charge in [-0.3, -0.25) is 0 Å². The number of nitrogens with zero attached hydrogens (tertiary/aromatic N) is 10. The number of benzene rings is 20. The molecular formula is C132H86N10S2. The van der Waals surface area contributed by atoms with Gasteiger partial charge in [0, 0.05) is 187 Å². The molecule has 0 bridgehead atoms. The van der Waals surface area contributed by atoms with E-state index >= 15 is 0 Å². The van der Waals surface area contributed by atoms with Gasteiger partial charge < -0.3 is 47.0 Å². The lowest BCUT2D eigenvalue weighted by molar-refractivity contribution is 0.636. The molecule has 4 unspecified atom stereocenters. The summed E-state index contributed by atoms with van der Waals surface area (Å²) in [6.45, 7) is 0. The van der Waals surface area contributed by atoms with E-state index in [-0.39, 0.29) is 23.9 Å². The van der Waals surface area contributed by atoms with Crippen LogP contribution in [0.2, 0.25) is 0 Å². The summed E-state index contributed by atoms with van der Waals surface area (Å²) in [6, 6.07) is 177. The Morgan fingerprint density at radius 1 is 0.188 bits per heavy atom. The van der Waals surface area contributed by atoms with Crippen molar-refractivity contribution in [1.29, 1.82) is 0 Å². The normalized spacial score (nSPS) is 15.4. The Balaban J connectivity index is 0.548. The van der Waals surface area contributed by atoms with Crippen molar-refractivity contribution in [3.8, 4) is 34.1 Å². The molecule has 10 nitrogen and oxygen atoms in total. The van der Waals surface area contributed by atoms with Crippen LogP contribution in [0.5, 0.6) is 0 Å². The first kappa shape index (κ1) is 81.0. The zero-order valence-electron chi connectivity index (χ0n) is 77.9. The highest BCUT2D eigenvalue weighted by molar-refractivity contribution is 8.05. The van der Waals surface area contributed by atoms with E-state index in [0.29, 0.717) is 0 Å². The van der Waals surface area contributed by atoms with E-state index < -0.39 is 0 Å². The second-order valence-electron chi connectivity index (χ2n) is 38.5. The minimum atomic E-state index is -0.000403. The second kappa shape index (κ2) is 31.8. The van der Waals surface area contributed by atoms with Gasteiger partial charge in [0.2, 0.25) is 0 Å². The summed E-state index contributed by atoms with van der Waals surface area (Å²) >= 11 is 3.71. The quantitative estimate of drug-likeness (QED) is 0.108. The van der Waals surface area contributed by atoms with E-state index in [2.05, 4.69) is 544 Å². The molecule has 12 heteroatoms. The topological polar surface area (TPSA) is 42.5 Å². The lowest BCUT2D eigenvalue weighted by atomic mass is 9.86. The van der Waals surface area contributed by atoms with Gasteiger partial charge in [0.1, 0.15) is 0 Å². The molecule has 26 aromatic rings. The van der Waals surface area contributed by atoms with Crippen LogP contribution in [0.3, 0.4) is 0 Å². The van der Waals surface area contributed by atoms with Crippen LogP contribution >= 0.6 is 23.5 Å². The van der Waals surface area contributed by atoms with Crippen molar-refractivity contribution >= 4 is 202 Å². The first-order valence-electron chi connectivity index (χ1n) is 49.7. The number of rotatable bonds is 14. The van der Waals surface area contributed by atoms with E-state index in [9.17, 15) is 0 Å². The SMILES string of the molecule is C1=CC2c3ccccc3N(c3ccccc3)C2c2c1c1ccccc1n2-c1ccc(N(c2ccc(-n3c4ccccc4c4ccc5c6ccccc6n(-c6ccccc6)c5c43)cc2)c2ccc3c(c2)Sc2ccc(N(c4ccc(-n5c6c(c7ccccc75)C=CC5c7ccccc7N(c7ccccc7)C65)cc4)c4ccc(-n5c6ccccc6c6ccc7c8ccccc8n(-c8ccccc8)c7c65)cc4)cc2S3)cc1. The van der Waals surface area contributed by atoms with Crippen molar-refractivity contribution in [2.75, 3.05) is 19.6 Å². The Labute approximate surface area is 838 Å². The average molecular weight is 1880 g/mol. The van der Waals surface area contributed by atoms with Crippen molar-refractivity contribution in [1.82, 2.24) is 27.4 Å². The van der Waals surface area contributed by atoms with Crippen molar-refractivity contribution < 1.29 is 0 Å². The number of fused-ring (bicyclic) bond motifs is 30. The summed E-state index contributed by atoms with van der Waals surface area (Å²) in [5.74, 6) is 0.276. The molecule has 144 heavy (non-hydrogen) atoms. The van der Waals surface area contributed by atoms with E-state index in [0.717, 1.165) is 79.3 Å². The largest absolute Gasteiger partial charge is 0.331 e. The van der Waals surface area contributed by atoms with E-state index in [1.807, 2.05) is 23.5 Å². The molecule has 0 saturated carbocycles. The van der Waals surface area contributed by atoms with Crippen LogP contribution in [0, 0.1) is 0 Å². The molecule has 31 rings (SSSR count). The van der Waals surface area contributed by atoms with Gasteiger partial charge in [0.05, 0.1) is 78.6 Å². The first-order valence-corrected chi connectivity index (χ1v) is 51.3. The zero-order valence-corrected chi connectivity index (χ0v) is 79.6. The van der Waals surface area contributed by atoms with Crippen LogP contribution in [0.4, 0.5) is 56.9 Å². The zero-order chi connectivity index (χ0) is 94.0. The molecule has 0 N–H and O–H groups in total. The number of anilines is 10. The van der Waals surface area contributed by atoms with Gasteiger partial charge >= 0.3 is 0 Å². The Hall–Kier alpha value is -17.9. The predicted molar refractivity (Wildman–Crippen MR) is 601 cm³/mol. The smallest absolute Gasteiger partial charge is 0.0856 e. The summed E-state index contributed by atoms with van der Waals surface area (Å²) in [5.41, 5.74) is 37.2. The van der Waals surface area contributed by atoms with Crippen molar-refractivity contribution in [3.05, 3.63) is 519 Å². The highest BCUT2D eigenvalue weighted by Crippen LogP contribution is 2.62. The first-order chi connectivity index (χ1) is 71.5. The second-order valence-corrected chi connectivity index (χ2v) is 40.7. The molecule has 5 aliphatic rings. The molecule has 20 aromatic carbocycles. The fourth-order valence-electron chi connectivity index (χ4n) is 25.1. The van der Waals surface area contributed by atoms with E-state index in [1.165, 1.54) is 174 Å². The van der Waals surface area contributed by atoms with Gasteiger partial charge in [-0.25, -0.2) is 0 Å². The van der Waals surface area contributed by atoms with E-state index in [4.69, 9.17) is 0 Å². The third kappa shape index (κ3) is 12.0. The Morgan fingerprint density at radius 2 is 0.438 bits per heavy atom. The summed E-state index contributed by atoms with van der Waals surface area (Å²) in [4.78, 5) is 14.9. The Kier molecular flexibility index (Phi) is 17.9. The fourth-order valence-corrected chi connectivity index (χ4v) is 27.4. The third-order valence-electron chi connectivity index (χ3n) is 31.1. The Morgan fingerprint density at radius 3 is 0.757 bits per heavy atom.